The van der Waals surface area contributed by atoms with Crippen molar-refractivity contribution in [3.63, 3.8) is 0 Å². The van der Waals surface area contributed by atoms with E-state index in [1.165, 1.54) is 5.56 Å². The summed E-state index contributed by atoms with van der Waals surface area (Å²) in [5.41, 5.74) is 10.1. The van der Waals surface area contributed by atoms with E-state index in [4.69, 9.17) is 5.73 Å². The van der Waals surface area contributed by atoms with Crippen LogP contribution in [0.5, 0.6) is 0 Å². The van der Waals surface area contributed by atoms with Crippen molar-refractivity contribution in [3.8, 4) is 0 Å². The predicted octanol–water partition coefficient (Wildman–Crippen LogP) is 4.11. The lowest BCUT2D eigenvalue weighted by molar-refractivity contribution is 0.503. The third-order valence-corrected chi connectivity index (χ3v) is 6.12. The first kappa shape index (κ1) is 20.3. The Morgan fingerprint density at radius 3 is 1.82 bits per heavy atom. The lowest BCUT2D eigenvalue weighted by Gasteiger charge is -2.26. The fourth-order valence-corrected chi connectivity index (χ4v) is 4.59. The Morgan fingerprint density at radius 2 is 1.29 bits per heavy atom. The van der Waals surface area contributed by atoms with Crippen LogP contribution >= 0.6 is 0 Å². The molecule has 28 heavy (non-hydrogen) atoms. The zero-order valence-electron chi connectivity index (χ0n) is 16.0. The summed E-state index contributed by atoms with van der Waals surface area (Å²) in [6, 6.07) is 25.6. The molecule has 3 aromatic carbocycles. The van der Waals surface area contributed by atoms with E-state index in [9.17, 15) is 8.42 Å². The molecule has 0 saturated heterocycles. The summed E-state index contributed by atoms with van der Waals surface area (Å²) in [6.45, 7) is 2.07. The summed E-state index contributed by atoms with van der Waals surface area (Å²) in [5, 5.41) is 0. The van der Waals surface area contributed by atoms with Gasteiger partial charge in [0.1, 0.15) is 0 Å². The van der Waals surface area contributed by atoms with Crippen molar-refractivity contribution < 1.29 is 8.42 Å². The average Bonchev–Trinajstić information content (AvgIpc) is 2.73. The first-order valence-corrected chi connectivity index (χ1v) is 11.1. The maximum absolute atomic E-state index is 12.9. The molecule has 0 aromatic heterocycles. The SMILES string of the molecule is CCc1ccc(CS(=O)(=O)NC(c2ccccc2)C(N)c2ccccc2)cc1. The summed E-state index contributed by atoms with van der Waals surface area (Å²) in [6.07, 6.45) is 0.924. The highest BCUT2D eigenvalue weighted by Crippen LogP contribution is 2.28. The van der Waals surface area contributed by atoms with Gasteiger partial charge in [0.15, 0.2) is 0 Å². The Hall–Kier alpha value is -2.47. The molecule has 0 radical (unpaired) electrons. The molecule has 0 aliphatic rings. The quantitative estimate of drug-likeness (QED) is 0.604. The molecule has 3 rings (SSSR count). The number of nitrogens with one attached hydrogen (secondary N) is 1. The van der Waals surface area contributed by atoms with Crippen LogP contribution in [0.15, 0.2) is 84.9 Å². The minimum absolute atomic E-state index is 0.0815. The first-order valence-electron chi connectivity index (χ1n) is 9.42. The third kappa shape index (κ3) is 5.29. The highest BCUT2D eigenvalue weighted by atomic mass is 32.2. The second-order valence-electron chi connectivity index (χ2n) is 6.87. The Bertz CT molecular complexity index is 972. The Kier molecular flexibility index (Phi) is 6.62. The third-order valence-electron chi connectivity index (χ3n) is 4.80. The number of rotatable bonds is 8. The predicted molar refractivity (Wildman–Crippen MR) is 114 cm³/mol. The van der Waals surface area contributed by atoms with E-state index in [-0.39, 0.29) is 5.75 Å². The van der Waals surface area contributed by atoms with Crippen LogP contribution < -0.4 is 10.5 Å². The van der Waals surface area contributed by atoms with E-state index < -0.39 is 22.1 Å². The largest absolute Gasteiger partial charge is 0.322 e. The standard InChI is InChI=1S/C23H26N2O2S/c1-2-18-13-15-19(16-14-18)17-28(26,27)25-23(21-11-7-4-8-12-21)22(24)20-9-5-3-6-10-20/h3-16,22-23,25H,2,17,24H2,1H3. The molecule has 2 atom stereocenters. The molecule has 0 bridgehead atoms. The van der Waals surface area contributed by atoms with Crippen LogP contribution in [-0.4, -0.2) is 8.42 Å². The maximum atomic E-state index is 12.9. The van der Waals surface area contributed by atoms with Gasteiger partial charge >= 0.3 is 0 Å². The molecule has 0 aliphatic carbocycles. The number of aryl methyl sites for hydroxylation is 1. The summed E-state index contributed by atoms with van der Waals surface area (Å²) < 4.78 is 28.6. The van der Waals surface area contributed by atoms with Crippen molar-refractivity contribution in [2.75, 3.05) is 0 Å². The van der Waals surface area contributed by atoms with Crippen LogP contribution in [0.4, 0.5) is 0 Å². The van der Waals surface area contributed by atoms with Gasteiger partial charge in [-0.2, -0.15) is 0 Å². The van der Waals surface area contributed by atoms with E-state index in [2.05, 4.69) is 11.6 Å². The van der Waals surface area contributed by atoms with Gasteiger partial charge in [0.25, 0.3) is 0 Å². The van der Waals surface area contributed by atoms with Gasteiger partial charge in [-0.3, -0.25) is 0 Å². The lowest BCUT2D eigenvalue weighted by atomic mass is 9.95. The minimum atomic E-state index is -3.58. The molecule has 0 heterocycles. The molecule has 146 valence electrons. The second kappa shape index (κ2) is 9.15. The van der Waals surface area contributed by atoms with E-state index in [0.717, 1.165) is 23.1 Å². The van der Waals surface area contributed by atoms with Gasteiger partial charge in [-0.15, -0.1) is 0 Å². The molecule has 3 N–H and O–H groups in total. The Balaban J connectivity index is 1.85. The number of hydrogen-bond acceptors (Lipinski definition) is 3. The number of nitrogens with two attached hydrogens (primary N) is 1. The summed E-state index contributed by atoms with van der Waals surface area (Å²) >= 11 is 0. The Labute approximate surface area is 167 Å². The minimum Gasteiger partial charge on any atom is -0.322 e. The van der Waals surface area contributed by atoms with Crippen molar-refractivity contribution in [3.05, 3.63) is 107 Å². The molecule has 0 amide bonds. The zero-order chi connectivity index (χ0) is 20.0. The molecule has 0 saturated carbocycles. The average molecular weight is 395 g/mol. The fraction of sp³-hybridized carbons (Fsp3) is 0.217. The van der Waals surface area contributed by atoms with Gasteiger partial charge in [-0.1, -0.05) is 91.9 Å². The van der Waals surface area contributed by atoms with Crippen LogP contribution in [0.25, 0.3) is 0 Å². The van der Waals surface area contributed by atoms with E-state index >= 15 is 0 Å². The molecule has 0 aliphatic heterocycles. The van der Waals surface area contributed by atoms with Crippen molar-refractivity contribution in [2.45, 2.75) is 31.2 Å². The molecule has 2 unspecified atom stereocenters. The molecule has 3 aromatic rings. The smallest absolute Gasteiger partial charge is 0.216 e. The molecule has 5 heteroatoms. The zero-order valence-corrected chi connectivity index (χ0v) is 16.8. The van der Waals surface area contributed by atoms with Crippen LogP contribution in [-0.2, 0) is 22.2 Å². The molecule has 0 fully saturated rings. The van der Waals surface area contributed by atoms with Crippen LogP contribution in [0.2, 0.25) is 0 Å². The van der Waals surface area contributed by atoms with Gasteiger partial charge in [-0.25, -0.2) is 13.1 Å². The van der Waals surface area contributed by atoms with Gasteiger partial charge in [0.05, 0.1) is 17.8 Å². The summed E-state index contributed by atoms with van der Waals surface area (Å²) in [5.74, 6) is -0.0815. The van der Waals surface area contributed by atoms with Crippen LogP contribution in [0, 0.1) is 0 Å². The second-order valence-corrected chi connectivity index (χ2v) is 8.63. The van der Waals surface area contributed by atoms with Crippen LogP contribution in [0.3, 0.4) is 0 Å². The van der Waals surface area contributed by atoms with Crippen molar-refractivity contribution >= 4 is 10.0 Å². The monoisotopic (exact) mass is 394 g/mol. The maximum Gasteiger partial charge on any atom is 0.216 e. The van der Waals surface area contributed by atoms with Crippen molar-refractivity contribution in [1.82, 2.24) is 4.72 Å². The highest BCUT2D eigenvalue weighted by Gasteiger charge is 2.26. The number of benzene rings is 3. The summed E-state index contributed by atoms with van der Waals surface area (Å²) in [7, 11) is -3.58. The number of sulfonamides is 1. The molecule has 0 spiro atoms. The first-order chi connectivity index (χ1) is 13.5. The van der Waals surface area contributed by atoms with E-state index in [1.54, 1.807) is 0 Å². The van der Waals surface area contributed by atoms with Gasteiger partial charge in [-0.05, 0) is 28.7 Å². The van der Waals surface area contributed by atoms with Gasteiger partial charge in [0.2, 0.25) is 10.0 Å². The van der Waals surface area contributed by atoms with E-state index in [0.29, 0.717) is 0 Å². The van der Waals surface area contributed by atoms with Crippen molar-refractivity contribution in [2.24, 2.45) is 5.73 Å². The molecular weight excluding hydrogens is 368 g/mol. The highest BCUT2D eigenvalue weighted by molar-refractivity contribution is 7.88. The normalized spacial score (nSPS) is 13.8. The number of hydrogen-bond donors (Lipinski definition) is 2. The van der Waals surface area contributed by atoms with Crippen molar-refractivity contribution in [1.29, 1.82) is 0 Å². The van der Waals surface area contributed by atoms with Gasteiger partial charge in [0, 0.05) is 0 Å². The lowest BCUT2D eigenvalue weighted by Crippen LogP contribution is -2.36. The fourth-order valence-electron chi connectivity index (χ4n) is 3.20. The van der Waals surface area contributed by atoms with E-state index in [1.807, 2.05) is 84.9 Å². The molecule has 4 nitrogen and oxygen atoms in total. The molecular formula is C23H26N2O2S. The Morgan fingerprint density at radius 1 is 0.786 bits per heavy atom. The van der Waals surface area contributed by atoms with Crippen LogP contribution in [0.1, 0.15) is 41.3 Å². The summed E-state index contributed by atoms with van der Waals surface area (Å²) in [4.78, 5) is 0. The topological polar surface area (TPSA) is 72.2 Å². The van der Waals surface area contributed by atoms with Gasteiger partial charge < -0.3 is 5.73 Å².